The highest BCUT2D eigenvalue weighted by Gasteiger charge is 2.29. The molecule has 0 spiro atoms. The van der Waals surface area contributed by atoms with E-state index in [0.29, 0.717) is 12.6 Å². The molecule has 25 heavy (non-hydrogen) atoms. The van der Waals surface area contributed by atoms with E-state index >= 15 is 0 Å². The van der Waals surface area contributed by atoms with Crippen molar-refractivity contribution in [3.63, 3.8) is 0 Å². The molecule has 1 amide bonds. The lowest BCUT2D eigenvalue weighted by atomic mass is 10.1. The highest BCUT2D eigenvalue weighted by Crippen LogP contribution is 2.22. The molecule has 3 rings (SSSR count). The van der Waals surface area contributed by atoms with Gasteiger partial charge in [-0.1, -0.05) is 0 Å². The van der Waals surface area contributed by atoms with Gasteiger partial charge in [0.15, 0.2) is 0 Å². The smallest absolute Gasteiger partial charge is 0.253 e. The first kappa shape index (κ1) is 22.0. The van der Waals surface area contributed by atoms with E-state index < -0.39 is 0 Å². The molecule has 2 heterocycles. The number of carbonyl (C=O) groups excluding carboxylic acids is 1. The minimum absolute atomic E-state index is 0. The van der Waals surface area contributed by atoms with Crippen LogP contribution in [0.25, 0.3) is 0 Å². The number of ether oxygens (including phenoxy) is 2. The van der Waals surface area contributed by atoms with Gasteiger partial charge in [-0.25, -0.2) is 0 Å². The second-order valence-corrected chi connectivity index (χ2v) is 6.16. The monoisotopic (exact) mass is 391 g/mol. The number of anilines is 2. The molecule has 2 aliphatic heterocycles. The van der Waals surface area contributed by atoms with Crippen LogP contribution in [-0.2, 0) is 14.3 Å². The first-order valence-corrected chi connectivity index (χ1v) is 8.35. The molecule has 0 unspecified atom stereocenters. The molecule has 0 bridgehead atoms. The fourth-order valence-corrected chi connectivity index (χ4v) is 3.02. The minimum atomic E-state index is -0.386. The Labute approximate surface area is 161 Å². The van der Waals surface area contributed by atoms with Crippen LogP contribution in [0.1, 0.15) is 25.7 Å². The van der Waals surface area contributed by atoms with Gasteiger partial charge in [-0.05, 0) is 49.9 Å². The molecule has 1 aromatic rings. The first-order chi connectivity index (χ1) is 11.2. The molecular formula is C17H27Cl2N3O3. The van der Waals surface area contributed by atoms with Crippen molar-refractivity contribution in [2.75, 3.05) is 30.4 Å². The largest absolute Gasteiger partial charge is 0.382 e. The molecule has 1 aromatic carbocycles. The van der Waals surface area contributed by atoms with E-state index in [0.717, 1.165) is 50.3 Å². The lowest BCUT2D eigenvalue weighted by molar-refractivity contribution is -0.126. The minimum Gasteiger partial charge on any atom is -0.382 e. The zero-order chi connectivity index (χ0) is 16.1. The number of amides is 1. The van der Waals surface area contributed by atoms with Crippen molar-refractivity contribution in [2.45, 2.75) is 43.9 Å². The van der Waals surface area contributed by atoms with Gasteiger partial charge in [-0.3, -0.25) is 4.79 Å². The van der Waals surface area contributed by atoms with Crippen molar-refractivity contribution < 1.29 is 14.3 Å². The Morgan fingerprint density at radius 3 is 2.28 bits per heavy atom. The third-order valence-electron chi connectivity index (χ3n) is 4.41. The van der Waals surface area contributed by atoms with Crippen molar-refractivity contribution in [3.05, 3.63) is 24.3 Å². The molecule has 0 saturated carbocycles. The quantitative estimate of drug-likeness (QED) is 0.717. The Bertz CT molecular complexity index is 524. The maximum absolute atomic E-state index is 12.2. The molecule has 0 aromatic heterocycles. The number of hydrogen-bond acceptors (Lipinski definition) is 5. The van der Waals surface area contributed by atoms with Crippen molar-refractivity contribution in [3.8, 4) is 0 Å². The molecule has 2 aliphatic rings. The van der Waals surface area contributed by atoms with E-state index in [-0.39, 0.29) is 42.9 Å². The molecule has 6 nitrogen and oxygen atoms in total. The Morgan fingerprint density at radius 1 is 1.04 bits per heavy atom. The van der Waals surface area contributed by atoms with E-state index in [1.165, 1.54) is 0 Å². The standard InChI is InChI=1S/C17H25N3O3.2ClH/c18-11-15-5-6-16(23-15)17(21)20-13-3-1-12(2-4-13)19-14-7-9-22-10-8-14;;/h1-4,14-16,19H,5-11,18H2,(H,20,21);2*1H/t15-,16+;;/m1../s1. The molecule has 0 aliphatic carbocycles. The average molecular weight is 392 g/mol. The molecule has 8 heteroatoms. The molecule has 2 saturated heterocycles. The molecule has 142 valence electrons. The molecule has 2 fully saturated rings. The summed E-state index contributed by atoms with van der Waals surface area (Å²) >= 11 is 0. The van der Waals surface area contributed by atoms with Crippen LogP contribution in [0.15, 0.2) is 24.3 Å². The fraction of sp³-hybridized carbons (Fsp3) is 0.588. The van der Waals surface area contributed by atoms with Crippen LogP contribution in [0.3, 0.4) is 0 Å². The maximum atomic E-state index is 12.2. The van der Waals surface area contributed by atoms with E-state index in [1.807, 2.05) is 24.3 Å². The average Bonchev–Trinajstić information content (AvgIpc) is 3.07. The molecular weight excluding hydrogens is 365 g/mol. The van der Waals surface area contributed by atoms with Crippen LogP contribution in [0.2, 0.25) is 0 Å². The Balaban J connectivity index is 0.00000156. The van der Waals surface area contributed by atoms with Gasteiger partial charge in [0, 0.05) is 37.2 Å². The number of nitrogens with one attached hydrogen (secondary N) is 2. The van der Waals surface area contributed by atoms with Gasteiger partial charge in [-0.15, -0.1) is 24.8 Å². The van der Waals surface area contributed by atoms with E-state index in [9.17, 15) is 4.79 Å². The van der Waals surface area contributed by atoms with Crippen LogP contribution in [-0.4, -0.2) is 43.9 Å². The summed E-state index contributed by atoms with van der Waals surface area (Å²) in [6, 6.07) is 8.26. The second kappa shape index (κ2) is 10.8. The van der Waals surface area contributed by atoms with E-state index in [1.54, 1.807) is 0 Å². The molecule has 2 atom stereocenters. The van der Waals surface area contributed by atoms with E-state index in [4.69, 9.17) is 15.2 Å². The maximum Gasteiger partial charge on any atom is 0.253 e. The van der Waals surface area contributed by atoms with Crippen molar-refractivity contribution in [2.24, 2.45) is 5.73 Å². The SMILES string of the molecule is Cl.Cl.NC[C@H]1CC[C@@H](C(=O)Nc2ccc(NC3CCOCC3)cc2)O1. The van der Waals surface area contributed by atoms with Crippen molar-refractivity contribution in [1.29, 1.82) is 0 Å². The van der Waals surface area contributed by atoms with Gasteiger partial charge >= 0.3 is 0 Å². The van der Waals surface area contributed by atoms with Gasteiger partial charge in [-0.2, -0.15) is 0 Å². The Hall–Kier alpha value is -1.05. The van der Waals surface area contributed by atoms with Crippen LogP contribution in [0.4, 0.5) is 11.4 Å². The lowest BCUT2D eigenvalue weighted by Gasteiger charge is -2.24. The summed E-state index contributed by atoms with van der Waals surface area (Å²) in [6.45, 7) is 2.10. The predicted octanol–water partition coefficient (Wildman–Crippen LogP) is 2.57. The van der Waals surface area contributed by atoms with Crippen molar-refractivity contribution in [1.82, 2.24) is 0 Å². The Morgan fingerprint density at radius 2 is 1.68 bits per heavy atom. The summed E-state index contributed by atoms with van der Waals surface area (Å²) < 4.78 is 11.0. The summed E-state index contributed by atoms with van der Waals surface area (Å²) in [5.41, 5.74) is 7.42. The third-order valence-corrected chi connectivity index (χ3v) is 4.41. The van der Waals surface area contributed by atoms with Crippen LogP contribution >= 0.6 is 24.8 Å². The number of nitrogens with two attached hydrogens (primary N) is 1. The van der Waals surface area contributed by atoms with Crippen molar-refractivity contribution >= 4 is 42.1 Å². The summed E-state index contributed by atoms with van der Waals surface area (Å²) in [4.78, 5) is 12.2. The van der Waals surface area contributed by atoms with E-state index in [2.05, 4.69) is 10.6 Å². The summed E-state index contributed by atoms with van der Waals surface area (Å²) in [7, 11) is 0. The number of rotatable bonds is 5. The van der Waals surface area contributed by atoms with Gasteiger partial charge < -0.3 is 25.8 Å². The number of hydrogen-bond donors (Lipinski definition) is 3. The highest BCUT2D eigenvalue weighted by atomic mass is 35.5. The summed E-state index contributed by atoms with van der Waals surface area (Å²) in [5, 5.41) is 6.41. The van der Waals surface area contributed by atoms with Gasteiger partial charge in [0.25, 0.3) is 5.91 Å². The van der Waals surface area contributed by atoms with Gasteiger partial charge in [0.1, 0.15) is 6.10 Å². The summed E-state index contributed by atoms with van der Waals surface area (Å²) in [6.07, 6.45) is 3.26. The lowest BCUT2D eigenvalue weighted by Crippen LogP contribution is -2.29. The highest BCUT2D eigenvalue weighted by molar-refractivity contribution is 5.94. The van der Waals surface area contributed by atoms with Crippen LogP contribution < -0.4 is 16.4 Å². The molecule has 0 radical (unpaired) electrons. The zero-order valence-electron chi connectivity index (χ0n) is 14.1. The van der Waals surface area contributed by atoms with Crippen LogP contribution in [0, 0.1) is 0 Å². The molecule has 4 N–H and O–H groups in total. The normalized spacial score (nSPS) is 23.2. The third kappa shape index (κ3) is 6.31. The fourth-order valence-electron chi connectivity index (χ4n) is 3.02. The van der Waals surface area contributed by atoms with Gasteiger partial charge in [0.05, 0.1) is 6.10 Å². The number of benzene rings is 1. The Kier molecular flexibility index (Phi) is 9.53. The topological polar surface area (TPSA) is 85.6 Å². The predicted molar refractivity (Wildman–Crippen MR) is 104 cm³/mol. The summed E-state index contributed by atoms with van der Waals surface area (Å²) in [5.74, 6) is -0.0916. The number of halogens is 2. The van der Waals surface area contributed by atoms with Crippen LogP contribution in [0.5, 0.6) is 0 Å². The number of carbonyl (C=O) groups is 1. The second-order valence-electron chi connectivity index (χ2n) is 6.16. The van der Waals surface area contributed by atoms with Gasteiger partial charge in [0.2, 0.25) is 0 Å². The zero-order valence-corrected chi connectivity index (χ0v) is 15.7. The first-order valence-electron chi connectivity index (χ1n) is 8.35.